The summed E-state index contributed by atoms with van der Waals surface area (Å²) in [7, 11) is -7.04. The number of alkyl halides is 3. The van der Waals surface area contributed by atoms with E-state index >= 15 is 4.39 Å². The van der Waals surface area contributed by atoms with Crippen LogP contribution in [0.3, 0.4) is 0 Å². The number of thioether (sulfide) groups is 1. The smallest absolute Gasteiger partial charge is 0.383 e. The van der Waals surface area contributed by atoms with Gasteiger partial charge in [-0.25, -0.2) is 17.2 Å². The Balaban J connectivity index is 1.01. The third-order valence-corrected chi connectivity index (χ3v) is 14.9. The molecule has 6 aromatic rings. The van der Waals surface area contributed by atoms with E-state index in [0.29, 0.717) is 65.9 Å². The summed E-state index contributed by atoms with van der Waals surface area (Å²) in [6, 6.07) is 31.9. The summed E-state index contributed by atoms with van der Waals surface area (Å²) in [5.74, 6) is -0.297. The van der Waals surface area contributed by atoms with Gasteiger partial charge in [0.25, 0.3) is 9.84 Å². The van der Waals surface area contributed by atoms with Crippen molar-refractivity contribution in [3.05, 3.63) is 133 Å². The number of hydrogen-bond donors (Lipinski definition) is 2. The molecule has 1 unspecified atom stereocenters. The van der Waals surface area contributed by atoms with E-state index in [9.17, 15) is 30.2 Å². The molecular weight excluding hydrogens is 882 g/mol. The van der Waals surface area contributed by atoms with Crippen molar-refractivity contribution < 1.29 is 34.6 Å². The molecule has 0 amide bonds. The van der Waals surface area contributed by atoms with Crippen molar-refractivity contribution in [2.45, 2.75) is 45.5 Å². The van der Waals surface area contributed by atoms with Gasteiger partial charge in [0, 0.05) is 89.4 Å². The second kappa shape index (κ2) is 19.2. The molecule has 0 spiro atoms. The minimum absolute atomic E-state index is 0.122. The van der Waals surface area contributed by atoms with Gasteiger partial charge in [-0.1, -0.05) is 18.2 Å². The van der Waals surface area contributed by atoms with Gasteiger partial charge in [0.15, 0.2) is 0 Å². The molecule has 62 heavy (non-hydrogen) atoms. The lowest BCUT2D eigenvalue weighted by Gasteiger charge is -2.37. The van der Waals surface area contributed by atoms with Crippen molar-refractivity contribution in [2.24, 2.45) is 0 Å². The van der Waals surface area contributed by atoms with Gasteiger partial charge in [-0.3, -0.25) is 4.21 Å². The van der Waals surface area contributed by atoms with E-state index in [1.54, 1.807) is 24.5 Å². The second-order valence-electron chi connectivity index (χ2n) is 14.5. The molecule has 7 rings (SSSR count). The predicted octanol–water partition coefficient (Wildman–Crippen LogP) is 11.1. The van der Waals surface area contributed by atoms with E-state index < -0.39 is 36.9 Å². The molecule has 0 saturated carbocycles. The van der Waals surface area contributed by atoms with Crippen LogP contribution in [-0.2, 0) is 27.2 Å². The number of sulfone groups is 1. The fourth-order valence-electron chi connectivity index (χ4n) is 7.55. The Morgan fingerprint density at radius 3 is 2.05 bits per heavy atom. The van der Waals surface area contributed by atoms with Crippen LogP contribution < -0.4 is 19.8 Å². The van der Waals surface area contributed by atoms with Crippen molar-refractivity contribution >= 4 is 67.1 Å². The highest BCUT2D eigenvalue weighted by molar-refractivity contribution is 8.00. The van der Waals surface area contributed by atoms with Crippen molar-refractivity contribution in [1.29, 1.82) is 0 Å². The predicted molar refractivity (Wildman–Crippen MR) is 244 cm³/mol. The maximum absolute atomic E-state index is 15.5. The first-order valence-corrected chi connectivity index (χ1v) is 24.5. The van der Waals surface area contributed by atoms with Crippen molar-refractivity contribution in [3.8, 4) is 22.4 Å². The zero-order valence-electron chi connectivity index (χ0n) is 34.0. The van der Waals surface area contributed by atoms with Crippen LogP contribution in [0.4, 0.5) is 44.7 Å². The standard InChI is InChI=1S/C45H44F5N5O3S4/c1-4-55-30(2)44(61(3)56)42(43(55)31-10-12-33(46)13-11-31)32-26-34(47)28-37(27-32)54-23-21-53(22-24-54)36-16-14-35(15-17-36)52-60-39-18-19-40(41(29-39)62(57,58)45(48,49)50)51-20-25-59-38-8-6-5-7-9-38/h5-19,26-29,51-52H,4,20-25H2,1-3H3. The van der Waals surface area contributed by atoms with Crippen LogP contribution in [0.5, 0.6) is 0 Å². The molecule has 17 heteroatoms. The van der Waals surface area contributed by atoms with Gasteiger partial charge in [0.1, 0.15) is 16.5 Å². The summed E-state index contributed by atoms with van der Waals surface area (Å²) in [4.78, 5) is 5.34. The average Bonchev–Trinajstić information content (AvgIpc) is 3.57. The lowest BCUT2D eigenvalue weighted by molar-refractivity contribution is -0.0435. The van der Waals surface area contributed by atoms with Crippen LogP contribution in [0.15, 0.2) is 135 Å². The molecule has 8 nitrogen and oxygen atoms in total. The number of anilines is 4. The fourth-order valence-corrected chi connectivity index (χ4v) is 11.1. The van der Waals surface area contributed by atoms with Gasteiger partial charge in [-0.05, 0) is 134 Å². The first kappa shape index (κ1) is 45.1. The zero-order chi connectivity index (χ0) is 44.2. The molecule has 1 saturated heterocycles. The molecule has 2 N–H and O–H groups in total. The van der Waals surface area contributed by atoms with Gasteiger partial charge in [-0.2, -0.15) is 13.2 Å². The van der Waals surface area contributed by atoms with Crippen molar-refractivity contribution in [1.82, 2.24) is 4.57 Å². The Hall–Kier alpha value is -4.97. The van der Waals surface area contributed by atoms with Crippen molar-refractivity contribution in [2.75, 3.05) is 64.6 Å². The molecule has 2 heterocycles. The molecule has 1 aliphatic rings. The number of halogens is 5. The van der Waals surface area contributed by atoms with Crippen LogP contribution in [0.2, 0.25) is 0 Å². The Bertz CT molecular complexity index is 2650. The summed E-state index contributed by atoms with van der Waals surface area (Å²) >= 11 is 2.49. The van der Waals surface area contributed by atoms with Crippen LogP contribution in [-0.4, -0.2) is 67.4 Å². The number of benzene rings is 5. The third-order valence-electron chi connectivity index (χ3n) is 10.5. The highest BCUT2D eigenvalue weighted by atomic mass is 32.2. The molecular formula is C45H44F5N5O3S4. The molecule has 0 radical (unpaired) electrons. The first-order valence-electron chi connectivity index (χ1n) is 19.7. The Morgan fingerprint density at radius 1 is 0.758 bits per heavy atom. The first-order chi connectivity index (χ1) is 29.6. The maximum Gasteiger partial charge on any atom is 0.501 e. The molecule has 1 fully saturated rings. The van der Waals surface area contributed by atoms with Crippen LogP contribution in [0.1, 0.15) is 12.6 Å². The molecule has 326 valence electrons. The van der Waals surface area contributed by atoms with E-state index in [1.807, 2.05) is 79.1 Å². The molecule has 1 aromatic heterocycles. The quantitative estimate of drug-likeness (QED) is 0.0453. The minimum Gasteiger partial charge on any atom is -0.383 e. The van der Waals surface area contributed by atoms with Gasteiger partial charge in [0.2, 0.25) is 0 Å². The van der Waals surface area contributed by atoms with E-state index in [2.05, 4.69) is 19.8 Å². The lowest BCUT2D eigenvalue weighted by Crippen LogP contribution is -2.46. The van der Waals surface area contributed by atoms with Crippen LogP contribution >= 0.6 is 23.7 Å². The van der Waals surface area contributed by atoms with Gasteiger partial charge in [-0.15, -0.1) is 11.8 Å². The van der Waals surface area contributed by atoms with Gasteiger partial charge < -0.3 is 24.4 Å². The van der Waals surface area contributed by atoms with Crippen molar-refractivity contribution in [3.63, 3.8) is 0 Å². The molecule has 0 aliphatic carbocycles. The molecule has 1 aliphatic heterocycles. The van der Waals surface area contributed by atoms with E-state index in [4.69, 9.17) is 0 Å². The van der Waals surface area contributed by atoms with E-state index in [-0.39, 0.29) is 22.9 Å². The number of aromatic nitrogens is 1. The second-order valence-corrected chi connectivity index (χ2v) is 19.7. The summed E-state index contributed by atoms with van der Waals surface area (Å²) in [5, 5.41) is 2.87. The molecule has 1 atom stereocenters. The average molecular weight is 926 g/mol. The summed E-state index contributed by atoms with van der Waals surface area (Å²) in [6.07, 6.45) is 1.61. The minimum atomic E-state index is -5.64. The summed E-state index contributed by atoms with van der Waals surface area (Å²) in [5.41, 5.74) is 0.229. The van der Waals surface area contributed by atoms with Crippen LogP contribution in [0.25, 0.3) is 22.4 Å². The highest BCUT2D eigenvalue weighted by Gasteiger charge is 2.48. The lowest BCUT2D eigenvalue weighted by atomic mass is 10.00. The van der Waals surface area contributed by atoms with Gasteiger partial charge in [0.05, 0.1) is 27.1 Å². The zero-order valence-corrected chi connectivity index (χ0v) is 37.3. The summed E-state index contributed by atoms with van der Waals surface area (Å²) in [6.45, 7) is 7.14. The monoisotopic (exact) mass is 925 g/mol. The normalized spacial score (nSPS) is 13.9. The molecule has 5 aromatic carbocycles. The third kappa shape index (κ3) is 9.96. The maximum atomic E-state index is 15.5. The number of piperazine rings is 1. The number of rotatable bonds is 15. The van der Waals surface area contributed by atoms with Crippen LogP contribution in [0, 0.1) is 18.6 Å². The molecule has 0 bridgehead atoms. The Labute approximate surface area is 369 Å². The largest absolute Gasteiger partial charge is 0.501 e. The van der Waals surface area contributed by atoms with Gasteiger partial charge >= 0.3 is 5.51 Å². The number of hydrogen-bond acceptors (Lipinski definition) is 9. The number of nitrogens with one attached hydrogen (secondary N) is 2. The SMILES string of the molecule is CCn1c(C)c(S(C)=O)c(-c2cc(F)cc(N3CCN(c4ccc(NSc5ccc(NCCSc6ccccc6)c(S(=O)(=O)C(F)(F)F)c5)cc4)CC3)c2)c1-c1ccc(F)cc1. The van der Waals surface area contributed by atoms with E-state index in [0.717, 1.165) is 45.5 Å². The fraction of sp³-hybridized carbons (Fsp3) is 0.244. The van der Waals surface area contributed by atoms with E-state index in [1.165, 1.54) is 42.1 Å². The summed E-state index contributed by atoms with van der Waals surface area (Å²) < 4.78 is 114. The Kier molecular flexibility index (Phi) is 13.9. The highest BCUT2D eigenvalue weighted by Crippen LogP contribution is 2.43. The topological polar surface area (TPSA) is 86.7 Å². The Morgan fingerprint density at radius 2 is 1.42 bits per heavy atom. The number of nitrogens with zero attached hydrogens (tertiary/aromatic N) is 3.